The van der Waals surface area contributed by atoms with E-state index in [1.54, 1.807) is 0 Å². The molecule has 1 saturated heterocycles. The van der Waals surface area contributed by atoms with E-state index in [0.717, 1.165) is 44.5 Å². The molecule has 4 heteroatoms. The zero-order chi connectivity index (χ0) is 14.7. The molecule has 1 unspecified atom stereocenters. The Morgan fingerprint density at radius 1 is 1.29 bits per heavy atom. The van der Waals surface area contributed by atoms with E-state index in [2.05, 4.69) is 5.32 Å². The average Bonchev–Trinajstić information content (AvgIpc) is 3.21. The van der Waals surface area contributed by atoms with Crippen molar-refractivity contribution in [3.05, 3.63) is 35.9 Å². The molecule has 0 radical (unpaired) electrons. The molecule has 1 amide bonds. The smallest absolute Gasteiger partial charge is 0.225 e. The van der Waals surface area contributed by atoms with E-state index in [-0.39, 0.29) is 12.3 Å². The van der Waals surface area contributed by atoms with Gasteiger partial charge in [0, 0.05) is 12.6 Å². The second kappa shape index (κ2) is 6.58. The molecule has 21 heavy (non-hydrogen) atoms. The molecule has 2 aliphatic rings. The number of nitrogens with one attached hydrogen (secondary N) is 1. The molecule has 2 N–H and O–H groups in total. The van der Waals surface area contributed by atoms with Crippen molar-refractivity contribution in [2.45, 2.75) is 37.8 Å². The predicted octanol–water partition coefficient (Wildman–Crippen LogP) is 1.71. The van der Waals surface area contributed by atoms with Gasteiger partial charge in [-0.2, -0.15) is 0 Å². The van der Waals surface area contributed by atoms with Gasteiger partial charge >= 0.3 is 0 Å². The third-order valence-electron chi connectivity index (χ3n) is 4.48. The van der Waals surface area contributed by atoms with Crippen LogP contribution < -0.4 is 5.32 Å². The molecule has 3 rings (SSSR count). The van der Waals surface area contributed by atoms with Gasteiger partial charge in [-0.25, -0.2) is 0 Å². The zero-order valence-electron chi connectivity index (χ0n) is 12.4. The maximum atomic E-state index is 12.5. The van der Waals surface area contributed by atoms with E-state index in [9.17, 15) is 9.90 Å². The molecular weight excluding hydrogens is 264 g/mol. The molecule has 114 valence electrons. The summed E-state index contributed by atoms with van der Waals surface area (Å²) in [6.45, 7) is 2.92. The number of aliphatic hydroxyl groups is 1. The van der Waals surface area contributed by atoms with Crippen LogP contribution in [0.1, 0.15) is 37.4 Å². The first-order valence-corrected chi connectivity index (χ1v) is 7.97. The fraction of sp³-hybridized carbons (Fsp3) is 0.588. The Kier molecular flexibility index (Phi) is 4.56. The van der Waals surface area contributed by atoms with Crippen LogP contribution in [0.2, 0.25) is 0 Å². The van der Waals surface area contributed by atoms with Crippen LogP contribution in [0, 0.1) is 5.92 Å². The van der Waals surface area contributed by atoms with Crippen LogP contribution in [0.15, 0.2) is 30.3 Å². The van der Waals surface area contributed by atoms with Crippen LogP contribution in [0.5, 0.6) is 0 Å². The van der Waals surface area contributed by atoms with Crippen LogP contribution in [-0.2, 0) is 4.79 Å². The lowest BCUT2D eigenvalue weighted by molar-refractivity contribution is -0.134. The van der Waals surface area contributed by atoms with E-state index in [0.29, 0.717) is 12.0 Å². The number of benzene rings is 1. The quantitative estimate of drug-likeness (QED) is 0.838. The highest BCUT2D eigenvalue weighted by Crippen LogP contribution is 2.30. The van der Waals surface area contributed by atoms with Gasteiger partial charge in [0.15, 0.2) is 0 Å². The van der Waals surface area contributed by atoms with Crippen LogP contribution >= 0.6 is 0 Å². The van der Waals surface area contributed by atoms with Crippen molar-refractivity contribution in [3.8, 4) is 0 Å². The zero-order valence-corrected chi connectivity index (χ0v) is 12.4. The molecule has 2 atom stereocenters. The molecule has 0 aromatic heterocycles. The maximum absolute atomic E-state index is 12.5. The summed E-state index contributed by atoms with van der Waals surface area (Å²) < 4.78 is 0. The number of aliphatic hydroxyl groups excluding tert-OH is 1. The molecule has 1 saturated carbocycles. The Hall–Kier alpha value is -1.39. The Labute approximate surface area is 126 Å². The molecule has 1 aliphatic carbocycles. The molecule has 2 fully saturated rings. The van der Waals surface area contributed by atoms with Crippen molar-refractivity contribution in [2.24, 2.45) is 5.92 Å². The second-order valence-electron chi connectivity index (χ2n) is 6.27. The summed E-state index contributed by atoms with van der Waals surface area (Å²) in [5, 5.41) is 13.6. The predicted molar refractivity (Wildman–Crippen MR) is 81.7 cm³/mol. The van der Waals surface area contributed by atoms with Gasteiger partial charge in [0.1, 0.15) is 0 Å². The van der Waals surface area contributed by atoms with Crippen molar-refractivity contribution in [2.75, 3.05) is 19.6 Å². The number of nitrogens with zero attached hydrogens (tertiary/aromatic N) is 1. The first-order chi connectivity index (χ1) is 10.2. The fourth-order valence-corrected chi connectivity index (χ4v) is 3.06. The lowest BCUT2D eigenvalue weighted by atomic mass is 10.0. The molecule has 1 aromatic rings. The van der Waals surface area contributed by atoms with Gasteiger partial charge in [-0.1, -0.05) is 30.3 Å². The third-order valence-corrected chi connectivity index (χ3v) is 4.48. The van der Waals surface area contributed by atoms with E-state index in [1.807, 2.05) is 35.2 Å². The van der Waals surface area contributed by atoms with E-state index >= 15 is 0 Å². The SMILES string of the molecule is O=C(C[C@H](O)c1ccccc1)N(CC1CCNC1)C1CC1. The summed E-state index contributed by atoms with van der Waals surface area (Å²) in [5.41, 5.74) is 0.823. The van der Waals surface area contributed by atoms with Gasteiger partial charge < -0.3 is 15.3 Å². The first kappa shape index (κ1) is 14.5. The van der Waals surface area contributed by atoms with Crippen molar-refractivity contribution < 1.29 is 9.90 Å². The normalized spacial score (nSPS) is 23.0. The molecule has 0 bridgehead atoms. The standard InChI is InChI=1S/C17H24N2O2/c20-16(14-4-2-1-3-5-14)10-17(21)19(15-6-7-15)12-13-8-9-18-11-13/h1-5,13,15-16,18,20H,6-12H2/t13?,16-/m0/s1. The molecule has 1 aromatic carbocycles. The summed E-state index contributed by atoms with van der Waals surface area (Å²) in [7, 11) is 0. The number of amides is 1. The minimum absolute atomic E-state index is 0.0979. The van der Waals surface area contributed by atoms with Crippen molar-refractivity contribution in [1.29, 1.82) is 0 Å². The van der Waals surface area contributed by atoms with E-state index in [4.69, 9.17) is 0 Å². The second-order valence-corrected chi connectivity index (χ2v) is 6.27. The first-order valence-electron chi connectivity index (χ1n) is 7.97. The Morgan fingerprint density at radius 2 is 2.05 bits per heavy atom. The minimum atomic E-state index is -0.693. The number of rotatable bonds is 6. The molecular formula is C17H24N2O2. The average molecular weight is 288 g/mol. The molecule has 4 nitrogen and oxygen atoms in total. The number of hydrogen-bond acceptors (Lipinski definition) is 3. The van der Waals surface area contributed by atoms with Gasteiger partial charge in [-0.15, -0.1) is 0 Å². The Morgan fingerprint density at radius 3 is 2.67 bits per heavy atom. The van der Waals surface area contributed by atoms with E-state index < -0.39 is 6.10 Å². The monoisotopic (exact) mass is 288 g/mol. The summed E-state index contributed by atoms with van der Waals surface area (Å²) in [6.07, 6.45) is 2.89. The molecule has 0 spiro atoms. The Balaban J connectivity index is 1.58. The highest BCUT2D eigenvalue weighted by molar-refractivity contribution is 5.77. The summed E-state index contributed by atoms with van der Waals surface area (Å²) in [6, 6.07) is 9.88. The van der Waals surface area contributed by atoms with Crippen molar-refractivity contribution in [1.82, 2.24) is 10.2 Å². The van der Waals surface area contributed by atoms with Crippen molar-refractivity contribution >= 4 is 5.91 Å². The van der Waals surface area contributed by atoms with Gasteiger partial charge in [-0.3, -0.25) is 4.79 Å². The van der Waals surface area contributed by atoms with Gasteiger partial charge in [0.05, 0.1) is 12.5 Å². The largest absolute Gasteiger partial charge is 0.388 e. The topological polar surface area (TPSA) is 52.6 Å². The van der Waals surface area contributed by atoms with Gasteiger partial charge in [0.2, 0.25) is 5.91 Å². The minimum Gasteiger partial charge on any atom is -0.388 e. The number of carbonyl (C=O) groups is 1. The highest BCUT2D eigenvalue weighted by Gasteiger charge is 2.35. The lowest BCUT2D eigenvalue weighted by Gasteiger charge is -2.26. The van der Waals surface area contributed by atoms with Crippen LogP contribution in [0.25, 0.3) is 0 Å². The third kappa shape index (κ3) is 3.83. The number of hydrogen-bond donors (Lipinski definition) is 2. The van der Waals surface area contributed by atoms with Crippen molar-refractivity contribution in [3.63, 3.8) is 0 Å². The number of carbonyl (C=O) groups excluding carboxylic acids is 1. The van der Waals surface area contributed by atoms with Crippen LogP contribution in [0.4, 0.5) is 0 Å². The summed E-state index contributed by atoms with van der Waals surface area (Å²) in [5.74, 6) is 0.671. The molecule has 1 aliphatic heterocycles. The highest BCUT2D eigenvalue weighted by atomic mass is 16.3. The maximum Gasteiger partial charge on any atom is 0.225 e. The summed E-state index contributed by atoms with van der Waals surface area (Å²) >= 11 is 0. The molecule has 1 heterocycles. The fourth-order valence-electron chi connectivity index (χ4n) is 3.06. The van der Waals surface area contributed by atoms with Crippen LogP contribution in [0.3, 0.4) is 0 Å². The summed E-state index contributed by atoms with van der Waals surface area (Å²) in [4.78, 5) is 14.6. The Bertz CT molecular complexity index is 467. The van der Waals surface area contributed by atoms with E-state index in [1.165, 1.54) is 0 Å². The van der Waals surface area contributed by atoms with Gasteiger partial charge in [-0.05, 0) is 43.8 Å². The lowest BCUT2D eigenvalue weighted by Crippen LogP contribution is -2.38. The van der Waals surface area contributed by atoms with Gasteiger partial charge in [0.25, 0.3) is 0 Å². The van der Waals surface area contributed by atoms with Crippen LogP contribution in [-0.4, -0.2) is 41.6 Å².